The average molecular weight is 303 g/mol. The van der Waals surface area contributed by atoms with Crippen LogP contribution in [0, 0.1) is 0 Å². The summed E-state index contributed by atoms with van der Waals surface area (Å²) < 4.78 is 16.0. The highest BCUT2D eigenvalue weighted by molar-refractivity contribution is 6.03. The molecule has 0 unspecified atom stereocenters. The lowest BCUT2D eigenvalue weighted by atomic mass is 9.79. The Balaban J connectivity index is 2.12. The fraction of sp³-hybridized carbons (Fsp3) is 0.375. The van der Waals surface area contributed by atoms with Gasteiger partial charge in [0.05, 0.1) is 18.8 Å². The van der Waals surface area contributed by atoms with E-state index >= 15 is 0 Å². The first-order valence-corrected chi connectivity index (χ1v) is 7.27. The van der Waals surface area contributed by atoms with Crippen molar-refractivity contribution in [2.75, 3.05) is 6.61 Å². The molecule has 0 bridgehead atoms. The van der Waals surface area contributed by atoms with Crippen LogP contribution in [0.2, 0.25) is 0 Å². The Morgan fingerprint density at radius 2 is 2.27 bits per heavy atom. The third-order valence-corrected chi connectivity index (χ3v) is 3.81. The molecular weight excluding hydrogens is 286 g/mol. The molecule has 1 aliphatic carbocycles. The summed E-state index contributed by atoms with van der Waals surface area (Å²) in [6.45, 7) is 1.91. The minimum Gasteiger partial charge on any atom is -0.468 e. The maximum atomic E-state index is 12.4. The molecule has 1 aromatic heterocycles. The van der Waals surface area contributed by atoms with Crippen LogP contribution in [-0.2, 0) is 19.1 Å². The quantitative estimate of drug-likeness (QED) is 0.860. The predicted octanol–water partition coefficient (Wildman–Crippen LogP) is 2.13. The van der Waals surface area contributed by atoms with Crippen molar-refractivity contribution in [3.05, 3.63) is 46.9 Å². The van der Waals surface area contributed by atoms with Gasteiger partial charge in [-0.1, -0.05) is 0 Å². The standard InChI is InChI=1S/C16H17NO5/c1-2-20-16(19)14-13(10-7-4-8-21-10)12-9(18)5-3-6-11(12)22-15(14)17/h4,7-8,13H,2-3,5-6,17H2,1H3/t13-/m0/s1. The van der Waals surface area contributed by atoms with Gasteiger partial charge in [-0.05, 0) is 25.5 Å². The Labute approximate surface area is 127 Å². The summed E-state index contributed by atoms with van der Waals surface area (Å²) in [6.07, 6.45) is 3.26. The Morgan fingerprint density at radius 1 is 1.45 bits per heavy atom. The lowest BCUT2D eigenvalue weighted by molar-refractivity contribution is -0.139. The molecule has 0 fully saturated rings. The van der Waals surface area contributed by atoms with Crippen LogP contribution >= 0.6 is 0 Å². The maximum absolute atomic E-state index is 12.4. The van der Waals surface area contributed by atoms with E-state index in [1.54, 1.807) is 19.1 Å². The molecule has 0 radical (unpaired) electrons. The van der Waals surface area contributed by atoms with E-state index in [2.05, 4.69) is 0 Å². The highest BCUT2D eigenvalue weighted by Crippen LogP contribution is 2.43. The molecule has 6 heteroatoms. The van der Waals surface area contributed by atoms with E-state index in [1.165, 1.54) is 6.26 Å². The van der Waals surface area contributed by atoms with Crippen LogP contribution in [-0.4, -0.2) is 18.4 Å². The van der Waals surface area contributed by atoms with Gasteiger partial charge < -0.3 is 19.6 Å². The first-order chi connectivity index (χ1) is 10.6. The molecule has 1 atom stereocenters. The number of furan rings is 1. The first-order valence-electron chi connectivity index (χ1n) is 7.27. The van der Waals surface area contributed by atoms with E-state index in [1.807, 2.05) is 0 Å². The minimum atomic E-state index is -0.661. The molecule has 0 aromatic carbocycles. The van der Waals surface area contributed by atoms with E-state index in [9.17, 15) is 9.59 Å². The summed E-state index contributed by atoms with van der Waals surface area (Å²) in [7, 11) is 0. The van der Waals surface area contributed by atoms with E-state index in [0.717, 1.165) is 0 Å². The first kappa shape index (κ1) is 14.4. The second-order valence-corrected chi connectivity index (χ2v) is 5.16. The molecule has 1 aromatic rings. The van der Waals surface area contributed by atoms with Gasteiger partial charge in [-0.2, -0.15) is 0 Å². The molecule has 22 heavy (non-hydrogen) atoms. The van der Waals surface area contributed by atoms with Crippen LogP contribution in [0.4, 0.5) is 0 Å². The number of esters is 1. The van der Waals surface area contributed by atoms with Gasteiger partial charge in [-0.3, -0.25) is 4.79 Å². The number of hydrogen-bond donors (Lipinski definition) is 1. The van der Waals surface area contributed by atoms with Crippen LogP contribution < -0.4 is 5.73 Å². The topological polar surface area (TPSA) is 91.8 Å². The molecule has 2 aliphatic rings. The lowest BCUT2D eigenvalue weighted by Crippen LogP contribution is -2.31. The smallest absolute Gasteiger partial charge is 0.340 e. The van der Waals surface area contributed by atoms with E-state index in [0.29, 0.717) is 36.4 Å². The fourth-order valence-electron chi connectivity index (χ4n) is 2.90. The number of allylic oxidation sites excluding steroid dienone is 2. The largest absolute Gasteiger partial charge is 0.468 e. The molecule has 0 amide bonds. The fourth-order valence-corrected chi connectivity index (χ4v) is 2.90. The van der Waals surface area contributed by atoms with Crippen LogP contribution in [0.25, 0.3) is 0 Å². The van der Waals surface area contributed by atoms with Gasteiger partial charge in [0.15, 0.2) is 5.78 Å². The number of ether oxygens (including phenoxy) is 2. The Morgan fingerprint density at radius 3 is 2.95 bits per heavy atom. The van der Waals surface area contributed by atoms with E-state index in [-0.39, 0.29) is 23.8 Å². The second-order valence-electron chi connectivity index (χ2n) is 5.16. The van der Waals surface area contributed by atoms with Gasteiger partial charge in [0.1, 0.15) is 17.1 Å². The number of Topliss-reactive ketones (excluding diaryl/α,β-unsaturated/α-hetero) is 1. The number of ketones is 1. The molecule has 6 nitrogen and oxygen atoms in total. The summed E-state index contributed by atoms with van der Waals surface area (Å²) in [6, 6.07) is 3.42. The van der Waals surface area contributed by atoms with Crippen molar-refractivity contribution >= 4 is 11.8 Å². The van der Waals surface area contributed by atoms with Crippen molar-refractivity contribution in [2.24, 2.45) is 5.73 Å². The number of nitrogens with two attached hydrogens (primary N) is 1. The third-order valence-electron chi connectivity index (χ3n) is 3.81. The number of carbonyl (C=O) groups excluding carboxylic acids is 2. The Bertz CT molecular complexity index is 669. The van der Waals surface area contributed by atoms with Crippen LogP contribution in [0.5, 0.6) is 0 Å². The molecule has 2 heterocycles. The zero-order chi connectivity index (χ0) is 15.7. The van der Waals surface area contributed by atoms with Gasteiger partial charge >= 0.3 is 5.97 Å². The molecule has 0 saturated heterocycles. The summed E-state index contributed by atoms with van der Waals surface area (Å²) in [5.74, 6) is -0.303. The molecular formula is C16H17NO5. The van der Waals surface area contributed by atoms with Crippen LogP contribution in [0.15, 0.2) is 45.6 Å². The van der Waals surface area contributed by atoms with Gasteiger partial charge in [0.25, 0.3) is 0 Å². The normalized spacial score (nSPS) is 21.5. The zero-order valence-electron chi connectivity index (χ0n) is 12.3. The summed E-state index contributed by atoms with van der Waals surface area (Å²) in [4.78, 5) is 24.7. The number of carbonyl (C=O) groups is 2. The monoisotopic (exact) mass is 303 g/mol. The molecule has 3 rings (SSSR count). The zero-order valence-corrected chi connectivity index (χ0v) is 12.3. The molecule has 0 spiro atoms. The van der Waals surface area contributed by atoms with Crippen molar-refractivity contribution in [2.45, 2.75) is 32.1 Å². The molecule has 116 valence electrons. The summed E-state index contributed by atoms with van der Waals surface area (Å²) in [5, 5.41) is 0. The molecule has 1 aliphatic heterocycles. The Kier molecular flexibility index (Phi) is 3.75. The third kappa shape index (κ3) is 2.30. The number of rotatable bonds is 3. The Hall–Kier alpha value is -2.50. The van der Waals surface area contributed by atoms with Crippen molar-refractivity contribution in [1.29, 1.82) is 0 Å². The van der Waals surface area contributed by atoms with Crippen molar-refractivity contribution in [3.8, 4) is 0 Å². The van der Waals surface area contributed by atoms with Crippen LogP contribution in [0.1, 0.15) is 37.9 Å². The molecule has 2 N–H and O–H groups in total. The maximum Gasteiger partial charge on any atom is 0.340 e. The SMILES string of the molecule is CCOC(=O)C1=C(N)OC2=C(C(=O)CCC2)[C@@H]1c1ccco1. The van der Waals surface area contributed by atoms with Crippen LogP contribution in [0.3, 0.4) is 0 Å². The van der Waals surface area contributed by atoms with Gasteiger partial charge in [0, 0.05) is 18.4 Å². The second kappa shape index (κ2) is 5.71. The van der Waals surface area contributed by atoms with Crippen molar-refractivity contribution in [3.63, 3.8) is 0 Å². The molecule has 0 saturated carbocycles. The minimum absolute atomic E-state index is 0.0201. The summed E-state index contributed by atoms with van der Waals surface area (Å²) in [5.41, 5.74) is 6.52. The average Bonchev–Trinajstić information content (AvgIpc) is 3.00. The van der Waals surface area contributed by atoms with E-state index < -0.39 is 11.9 Å². The van der Waals surface area contributed by atoms with Crippen molar-refractivity contribution < 1.29 is 23.5 Å². The highest BCUT2D eigenvalue weighted by Gasteiger charge is 2.42. The summed E-state index contributed by atoms with van der Waals surface area (Å²) >= 11 is 0. The predicted molar refractivity (Wildman–Crippen MR) is 76.3 cm³/mol. The number of hydrogen-bond acceptors (Lipinski definition) is 6. The van der Waals surface area contributed by atoms with E-state index in [4.69, 9.17) is 19.6 Å². The van der Waals surface area contributed by atoms with Gasteiger partial charge in [-0.15, -0.1) is 0 Å². The van der Waals surface area contributed by atoms with Gasteiger partial charge in [-0.25, -0.2) is 4.79 Å². The highest BCUT2D eigenvalue weighted by atomic mass is 16.5. The van der Waals surface area contributed by atoms with Gasteiger partial charge in [0.2, 0.25) is 5.88 Å². The van der Waals surface area contributed by atoms with Crippen molar-refractivity contribution in [1.82, 2.24) is 0 Å². The lowest BCUT2D eigenvalue weighted by Gasteiger charge is -2.31.